The number of fused-ring (bicyclic) bond motifs is 2. The van der Waals surface area contributed by atoms with Crippen LogP contribution in [0, 0.1) is 11.6 Å². The molecule has 0 saturated carbocycles. The lowest BCUT2D eigenvalue weighted by molar-refractivity contribution is -0.123. The van der Waals surface area contributed by atoms with Crippen molar-refractivity contribution in [2.45, 2.75) is 11.4 Å². The molecule has 2 amide bonds. The van der Waals surface area contributed by atoms with Gasteiger partial charge in [-0.15, -0.1) is 11.8 Å². The molecule has 1 atom stereocenters. The van der Waals surface area contributed by atoms with Gasteiger partial charge in [0.15, 0.2) is 16.5 Å². The molecule has 0 radical (unpaired) electrons. The van der Waals surface area contributed by atoms with E-state index in [0.29, 0.717) is 46.2 Å². The van der Waals surface area contributed by atoms with Gasteiger partial charge in [-0.05, 0) is 54.1 Å². The summed E-state index contributed by atoms with van der Waals surface area (Å²) >= 11 is 1.38. The van der Waals surface area contributed by atoms with Crippen molar-refractivity contribution in [3.63, 3.8) is 0 Å². The SMILES string of the molecule is COc1cccc(C(=O)N2CCS[C@@]23C(=O)N(Cc2ccc(F)c(F)c2)c2ccc(OC)cc23)c1. The van der Waals surface area contributed by atoms with Crippen molar-refractivity contribution in [3.05, 3.63) is 89.0 Å². The number of hydrogen-bond donors (Lipinski definition) is 0. The van der Waals surface area contributed by atoms with Crippen LogP contribution in [-0.4, -0.2) is 43.2 Å². The summed E-state index contributed by atoms with van der Waals surface area (Å²) in [6.45, 7) is 0.390. The largest absolute Gasteiger partial charge is 0.497 e. The van der Waals surface area contributed by atoms with E-state index in [1.165, 1.54) is 36.9 Å². The van der Waals surface area contributed by atoms with E-state index in [2.05, 4.69) is 0 Å². The van der Waals surface area contributed by atoms with Gasteiger partial charge >= 0.3 is 0 Å². The van der Waals surface area contributed by atoms with Crippen LogP contribution in [0.4, 0.5) is 14.5 Å². The predicted octanol–water partition coefficient (Wildman–Crippen LogP) is 4.57. The van der Waals surface area contributed by atoms with Crippen molar-refractivity contribution < 1.29 is 27.8 Å². The van der Waals surface area contributed by atoms with Crippen LogP contribution in [0.25, 0.3) is 0 Å². The van der Waals surface area contributed by atoms with Gasteiger partial charge in [-0.25, -0.2) is 8.78 Å². The molecule has 0 aromatic heterocycles. The molecular formula is C26H22F2N2O4S. The van der Waals surface area contributed by atoms with Crippen molar-refractivity contribution in [3.8, 4) is 11.5 Å². The maximum atomic E-state index is 14.1. The minimum atomic E-state index is -1.30. The minimum Gasteiger partial charge on any atom is -0.497 e. The van der Waals surface area contributed by atoms with E-state index in [9.17, 15) is 18.4 Å². The van der Waals surface area contributed by atoms with Gasteiger partial charge < -0.3 is 19.3 Å². The number of nitrogens with zero attached hydrogens (tertiary/aromatic N) is 2. The second-order valence-corrected chi connectivity index (χ2v) is 9.49. The first-order chi connectivity index (χ1) is 16.9. The summed E-state index contributed by atoms with van der Waals surface area (Å²) in [5.41, 5.74) is 2.06. The van der Waals surface area contributed by atoms with Crippen molar-refractivity contribution in [1.29, 1.82) is 0 Å². The Morgan fingerprint density at radius 2 is 1.77 bits per heavy atom. The number of carbonyl (C=O) groups is 2. The molecule has 9 heteroatoms. The smallest absolute Gasteiger partial charge is 0.268 e. The fourth-order valence-corrected chi connectivity index (χ4v) is 6.06. The van der Waals surface area contributed by atoms with E-state index in [0.717, 1.165) is 12.1 Å². The third-order valence-electron chi connectivity index (χ3n) is 6.29. The lowest BCUT2D eigenvalue weighted by atomic mass is 10.0. The number of amides is 2. The molecule has 0 aliphatic carbocycles. The van der Waals surface area contributed by atoms with Crippen molar-refractivity contribution >= 4 is 29.3 Å². The Balaban J connectivity index is 1.60. The molecule has 0 bridgehead atoms. The first kappa shape index (κ1) is 23.2. The Labute approximate surface area is 205 Å². The molecule has 3 aromatic carbocycles. The zero-order chi connectivity index (χ0) is 24.7. The van der Waals surface area contributed by atoms with E-state index in [-0.39, 0.29) is 18.4 Å². The van der Waals surface area contributed by atoms with Crippen LogP contribution < -0.4 is 14.4 Å². The quantitative estimate of drug-likeness (QED) is 0.518. The molecular weight excluding hydrogens is 474 g/mol. The topological polar surface area (TPSA) is 59.1 Å². The lowest BCUT2D eigenvalue weighted by Crippen LogP contribution is -2.50. The van der Waals surface area contributed by atoms with Crippen molar-refractivity contribution in [2.24, 2.45) is 0 Å². The lowest BCUT2D eigenvalue weighted by Gasteiger charge is -2.33. The zero-order valence-corrected chi connectivity index (χ0v) is 19.9. The Bertz CT molecular complexity index is 1330. The number of rotatable bonds is 5. The highest BCUT2D eigenvalue weighted by molar-refractivity contribution is 8.01. The summed E-state index contributed by atoms with van der Waals surface area (Å²) in [6, 6.07) is 15.6. The van der Waals surface area contributed by atoms with E-state index >= 15 is 0 Å². The Kier molecular flexibility index (Phi) is 5.88. The monoisotopic (exact) mass is 496 g/mol. The highest BCUT2D eigenvalue weighted by atomic mass is 32.2. The average Bonchev–Trinajstić information content (AvgIpc) is 3.42. The normalized spacial score (nSPS) is 18.8. The summed E-state index contributed by atoms with van der Waals surface area (Å²) in [5.74, 6) is -0.913. The van der Waals surface area contributed by atoms with E-state index in [1.54, 1.807) is 47.4 Å². The third kappa shape index (κ3) is 3.70. The molecule has 0 N–H and O–H groups in total. The van der Waals surface area contributed by atoms with Crippen LogP contribution in [0.3, 0.4) is 0 Å². The number of methoxy groups -OCH3 is 2. The van der Waals surface area contributed by atoms with Crippen LogP contribution in [0.2, 0.25) is 0 Å². The van der Waals surface area contributed by atoms with Crippen LogP contribution in [0.15, 0.2) is 60.7 Å². The summed E-state index contributed by atoms with van der Waals surface area (Å²) in [6.07, 6.45) is 0. The summed E-state index contributed by atoms with van der Waals surface area (Å²) < 4.78 is 38.1. The number of anilines is 1. The number of ether oxygens (including phenoxy) is 2. The maximum Gasteiger partial charge on any atom is 0.268 e. The Hall–Kier alpha value is -3.59. The van der Waals surface area contributed by atoms with Crippen LogP contribution >= 0.6 is 11.8 Å². The van der Waals surface area contributed by atoms with Crippen molar-refractivity contribution in [1.82, 2.24) is 4.90 Å². The van der Waals surface area contributed by atoms with Gasteiger partial charge in [-0.1, -0.05) is 12.1 Å². The predicted molar refractivity (Wildman–Crippen MR) is 129 cm³/mol. The summed E-state index contributed by atoms with van der Waals surface area (Å²) in [5, 5.41) is 0. The first-order valence-electron chi connectivity index (χ1n) is 10.9. The molecule has 0 unspecified atom stereocenters. The molecule has 3 aromatic rings. The second kappa shape index (κ2) is 8.88. The van der Waals surface area contributed by atoms with Gasteiger partial charge in [0.1, 0.15) is 11.5 Å². The number of thioether (sulfide) groups is 1. The zero-order valence-electron chi connectivity index (χ0n) is 19.1. The van der Waals surface area contributed by atoms with Crippen LogP contribution in [0.5, 0.6) is 11.5 Å². The van der Waals surface area contributed by atoms with E-state index in [4.69, 9.17) is 9.47 Å². The van der Waals surface area contributed by atoms with E-state index in [1.807, 2.05) is 0 Å². The third-order valence-corrected chi connectivity index (χ3v) is 7.71. The summed E-state index contributed by atoms with van der Waals surface area (Å²) in [4.78, 5) is 29.6. The minimum absolute atomic E-state index is 0.0266. The first-order valence-corrected chi connectivity index (χ1v) is 11.9. The highest BCUT2D eigenvalue weighted by Crippen LogP contribution is 2.55. The van der Waals surface area contributed by atoms with Gasteiger partial charge in [0, 0.05) is 23.4 Å². The molecule has 1 spiro atoms. The fraction of sp³-hybridized carbons (Fsp3) is 0.231. The molecule has 180 valence electrons. The molecule has 35 heavy (non-hydrogen) atoms. The molecule has 2 aliphatic heterocycles. The molecule has 2 heterocycles. The number of carbonyl (C=O) groups excluding carboxylic acids is 2. The van der Waals surface area contributed by atoms with E-state index < -0.39 is 16.5 Å². The van der Waals surface area contributed by atoms with Crippen LogP contribution in [-0.2, 0) is 16.2 Å². The van der Waals surface area contributed by atoms with Gasteiger partial charge in [0.05, 0.1) is 26.5 Å². The average molecular weight is 497 g/mol. The standard InChI is InChI=1S/C26H22F2N2O4S/c1-33-18-5-3-4-17(13-18)24(31)30-10-11-35-26(30)20-14-19(34-2)7-9-23(20)29(25(26)32)15-16-6-8-21(27)22(28)12-16/h3-9,12-14H,10-11,15H2,1-2H3/t26-/m0/s1. The van der Waals surface area contributed by atoms with Gasteiger partial charge in [0.2, 0.25) is 0 Å². The molecule has 1 saturated heterocycles. The number of hydrogen-bond acceptors (Lipinski definition) is 5. The number of halogens is 2. The number of benzene rings is 3. The Morgan fingerprint density at radius 1 is 1.00 bits per heavy atom. The van der Waals surface area contributed by atoms with Gasteiger partial charge in [0.25, 0.3) is 11.8 Å². The van der Waals surface area contributed by atoms with Gasteiger partial charge in [-0.2, -0.15) is 0 Å². The second-order valence-electron chi connectivity index (χ2n) is 8.20. The molecule has 1 fully saturated rings. The molecule has 6 nitrogen and oxygen atoms in total. The molecule has 5 rings (SSSR count). The molecule has 2 aliphatic rings. The van der Waals surface area contributed by atoms with Crippen molar-refractivity contribution in [2.75, 3.05) is 31.4 Å². The highest BCUT2D eigenvalue weighted by Gasteiger charge is 2.59. The fourth-order valence-electron chi connectivity index (χ4n) is 4.61. The summed E-state index contributed by atoms with van der Waals surface area (Å²) in [7, 11) is 3.06. The Morgan fingerprint density at radius 3 is 2.51 bits per heavy atom. The van der Waals surface area contributed by atoms with Crippen LogP contribution in [0.1, 0.15) is 21.5 Å². The maximum absolute atomic E-state index is 14.1. The van der Waals surface area contributed by atoms with Gasteiger partial charge in [-0.3, -0.25) is 9.59 Å².